The van der Waals surface area contributed by atoms with Crippen LogP contribution in [-0.4, -0.2) is 11.9 Å². The Hall–Kier alpha value is -2.13. The highest BCUT2D eigenvalue weighted by molar-refractivity contribution is 5.86. The second-order valence-electron chi connectivity index (χ2n) is 5.25. The van der Waals surface area contributed by atoms with Gasteiger partial charge in [-0.05, 0) is 22.8 Å². The van der Waals surface area contributed by atoms with Crippen molar-refractivity contribution in [1.29, 1.82) is 0 Å². The number of fused-ring (bicyclic) bond motifs is 1. The Labute approximate surface area is 118 Å². The minimum Gasteiger partial charge on any atom is -0.351 e. The minimum absolute atomic E-state index is 0.0169. The second kappa shape index (κ2) is 5.47. The third-order valence-corrected chi connectivity index (χ3v) is 3.79. The van der Waals surface area contributed by atoms with Crippen LogP contribution in [0.15, 0.2) is 54.6 Å². The van der Waals surface area contributed by atoms with Crippen LogP contribution in [-0.2, 0) is 11.3 Å². The Morgan fingerprint density at radius 1 is 1.15 bits per heavy atom. The summed E-state index contributed by atoms with van der Waals surface area (Å²) >= 11 is 0. The number of benzene rings is 2. The summed E-state index contributed by atoms with van der Waals surface area (Å²) in [5.41, 5.74) is 6.92. The van der Waals surface area contributed by atoms with Gasteiger partial charge in [-0.25, -0.2) is 0 Å². The van der Waals surface area contributed by atoms with Crippen LogP contribution in [0.1, 0.15) is 12.0 Å². The van der Waals surface area contributed by atoms with Crippen LogP contribution >= 0.6 is 0 Å². The molecule has 20 heavy (non-hydrogen) atoms. The van der Waals surface area contributed by atoms with Gasteiger partial charge < -0.3 is 11.1 Å². The largest absolute Gasteiger partial charge is 0.351 e. The van der Waals surface area contributed by atoms with Gasteiger partial charge in [0, 0.05) is 12.6 Å². The predicted molar refractivity (Wildman–Crippen MR) is 81.0 cm³/mol. The van der Waals surface area contributed by atoms with Crippen molar-refractivity contribution in [2.45, 2.75) is 19.0 Å². The van der Waals surface area contributed by atoms with Gasteiger partial charge in [0.2, 0.25) is 5.91 Å². The van der Waals surface area contributed by atoms with Gasteiger partial charge in [-0.15, -0.1) is 0 Å². The summed E-state index contributed by atoms with van der Waals surface area (Å²) in [7, 11) is 0. The number of carbonyl (C=O) groups is 1. The highest BCUT2D eigenvalue weighted by Crippen LogP contribution is 2.19. The van der Waals surface area contributed by atoms with Crippen molar-refractivity contribution in [1.82, 2.24) is 5.32 Å². The van der Waals surface area contributed by atoms with E-state index < -0.39 is 0 Å². The van der Waals surface area contributed by atoms with E-state index in [9.17, 15) is 4.79 Å². The van der Waals surface area contributed by atoms with Crippen LogP contribution in [0.5, 0.6) is 0 Å². The normalized spacial score (nSPS) is 21.2. The van der Waals surface area contributed by atoms with Gasteiger partial charge >= 0.3 is 0 Å². The molecule has 0 heterocycles. The number of nitrogens with one attached hydrogen (secondary N) is 1. The summed E-state index contributed by atoms with van der Waals surface area (Å²) in [6.07, 6.45) is 4.52. The molecule has 0 fully saturated rings. The molecule has 3 nitrogen and oxygen atoms in total. The second-order valence-corrected chi connectivity index (χ2v) is 5.25. The van der Waals surface area contributed by atoms with Gasteiger partial charge in [0.25, 0.3) is 0 Å². The van der Waals surface area contributed by atoms with E-state index in [2.05, 4.69) is 29.6 Å². The van der Waals surface area contributed by atoms with Crippen molar-refractivity contribution in [2.75, 3.05) is 0 Å². The Balaban J connectivity index is 1.71. The van der Waals surface area contributed by atoms with Crippen molar-refractivity contribution in [3.05, 3.63) is 60.2 Å². The lowest BCUT2D eigenvalue weighted by Crippen LogP contribution is -2.30. The zero-order chi connectivity index (χ0) is 13.9. The molecule has 0 saturated heterocycles. The molecule has 0 bridgehead atoms. The van der Waals surface area contributed by atoms with Crippen LogP contribution < -0.4 is 11.1 Å². The smallest absolute Gasteiger partial charge is 0.227 e. The summed E-state index contributed by atoms with van der Waals surface area (Å²) in [6.45, 7) is 0.555. The van der Waals surface area contributed by atoms with Crippen LogP contribution in [0.25, 0.3) is 10.8 Å². The minimum atomic E-state index is -0.0834. The third-order valence-electron chi connectivity index (χ3n) is 3.79. The van der Waals surface area contributed by atoms with Gasteiger partial charge in [0.05, 0.1) is 5.92 Å². The fourth-order valence-electron chi connectivity index (χ4n) is 2.68. The molecule has 2 aromatic rings. The molecule has 0 aromatic heterocycles. The average Bonchev–Trinajstić information content (AvgIpc) is 2.91. The number of hydrogen-bond donors (Lipinski definition) is 2. The number of carbonyl (C=O) groups excluding carboxylic acids is 1. The quantitative estimate of drug-likeness (QED) is 0.838. The zero-order valence-electron chi connectivity index (χ0n) is 11.3. The molecule has 102 valence electrons. The van der Waals surface area contributed by atoms with Gasteiger partial charge in [0.15, 0.2) is 0 Å². The molecule has 0 saturated carbocycles. The van der Waals surface area contributed by atoms with Crippen LogP contribution in [0.3, 0.4) is 0 Å². The molecule has 0 radical (unpaired) electrons. The van der Waals surface area contributed by atoms with Gasteiger partial charge in [0.1, 0.15) is 0 Å². The standard InChI is InChI=1S/C17H18N2O/c18-15-9-8-13(10-15)17(20)19-11-14-6-3-5-12-4-1-2-7-16(12)14/h1-9,13,15H,10-11,18H2,(H,19,20). The molecule has 3 heteroatoms. The van der Waals surface area contributed by atoms with E-state index in [-0.39, 0.29) is 17.9 Å². The van der Waals surface area contributed by atoms with Crippen molar-refractivity contribution in [3.63, 3.8) is 0 Å². The summed E-state index contributed by atoms with van der Waals surface area (Å²) in [5.74, 6) is -0.0258. The first-order chi connectivity index (χ1) is 9.74. The fourth-order valence-corrected chi connectivity index (χ4v) is 2.68. The SMILES string of the molecule is NC1C=CC(C(=O)NCc2cccc3ccccc23)C1. The maximum atomic E-state index is 12.1. The van der Waals surface area contributed by atoms with Crippen molar-refractivity contribution < 1.29 is 4.79 Å². The van der Waals surface area contributed by atoms with E-state index in [1.807, 2.05) is 30.4 Å². The molecule has 2 unspecified atom stereocenters. The molecule has 2 aromatic carbocycles. The van der Waals surface area contributed by atoms with Crippen molar-refractivity contribution in [2.24, 2.45) is 11.7 Å². The summed E-state index contributed by atoms with van der Waals surface area (Å²) in [5, 5.41) is 5.39. The fraction of sp³-hybridized carbons (Fsp3) is 0.235. The average molecular weight is 266 g/mol. The lowest BCUT2D eigenvalue weighted by Gasteiger charge is -2.12. The summed E-state index contributed by atoms with van der Waals surface area (Å²) in [4.78, 5) is 12.1. The highest BCUT2D eigenvalue weighted by Gasteiger charge is 2.22. The first kappa shape index (κ1) is 12.9. The lowest BCUT2D eigenvalue weighted by molar-refractivity contribution is -0.123. The highest BCUT2D eigenvalue weighted by atomic mass is 16.1. The molecule has 1 aliphatic rings. The molecule has 0 aliphatic heterocycles. The molecule has 1 aliphatic carbocycles. The molecule has 3 N–H and O–H groups in total. The number of amides is 1. The third kappa shape index (κ3) is 2.58. The first-order valence-corrected chi connectivity index (χ1v) is 6.92. The molecule has 2 atom stereocenters. The summed E-state index contributed by atoms with van der Waals surface area (Å²) in [6, 6.07) is 14.4. The van der Waals surface area contributed by atoms with E-state index in [1.165, 1.54) is 10.8 Å². The lowest BCUT2D eigenvalue weighted by atomic mass is 10.0. The van der Waals surface area contributed by atoms with E-state index in [1.54, 1.807) is 0 Å². The van der Waals surface area contributed by atoms with Crippen molar-refractivity contribution in [3.8, 4) is 0 Å². The van der Waals surface area contributed by atoms with Gasteiger partial charge in [-0.2, -0.15) is 0 Å². The maximum Gasteiger partial charge on any atom is 0.227 e. The van der Waals surface area contributed by atoms with Crippen LogP contribution in [0.2, 0.25) is 0 Å². The Morgan fingerprint density at radius 3 is 2.75 bits per heavy atom. The molecular formula is C17H18N2O. The first-order valence-electron chi connectivity index (χ1n) is 6.92. The molecule has 0 spiro atoms. The Morgan fingerprint density at radius 2 is 1.95 bits per heavy atom. The number of rotatable bonds is 3. The van der Waals surface area contributed by atoms with Gasteiger partial charge in [-0.1, -0.05) is 54.6 Å². The van der Waals surface area contributed by atoms with E-state index in [0.717, 1.165) is 5.56 Å². The van der Waals surface area contributed by atoms with Crippen LogP contribution in [0, 0.1) is 5.92 Å². The topological polar surface area (TPSA) is 55.1 Å². The van der Waals surface area contributed by atoms with Crippen LogP contribution in [0.4, 0.5) is 0 Å². The van der Waals surface area contributed by atoms with E-state index >= 15 is 0 Å². The molecular weight excluding hydrogens is 248 g/mol. The maximum absolute atomic E-state index is 12.1. The number of hydrogen-bond acceptors (Lipinski definition) is 2. The van der Waals surface area contributed by atoms with E-state index in [0.29, 0.717) is 13.0 Å². The summed E-state index contributed by atoms with van der Waals surface area (Å²) < 4.78 is 0. The molecule has 1 amide bonds. The van der Waals surface area contributed by atoms with E-state index in [4.69, 9.17) is 5.73 Å². The van der Waals surface area contributed by atoms with Gasteiger partial charge in [-0.3, -0.25) is 4.79 Å². The Bertz CT molecular complexity index is 658. The van der Waals surface area contributed by atoms with Crippen molar-refractivity contribution >= 4 is 16.7 Å². The zero-order valence-corrected chi connectivity index (χ0v) is 11.3. The molecule has 3 rings (SSSR count). The Kier molecular flexibility index (Phi) is 3.52. The monoisotopic (exact) mass is 266 g/mol. The number of nitrogens with two attached hydrogens (primary N) is 1. The predicted octanol–water partition coefficient (Wildman–Crippen LogP) is 2.36.